The van der Waals surface area contributed by atoms with Crippen LogP contribution in [0.15, 0.2) is 0 Å². The molecule has 6 nitrogen and oxygen atoms in total. The summed E-state index contributed by atoms with van der Waals surface area (Å²) < 4.78 is 0. The average molecular weight is 345 g/mol. The van der Waals surface area contributed by atoms with Crippen molar-refractivity contribution < 1.29 is 9.59 Å². The molecule has 0 spiro atoms. The molecule has 0 aromatic heterocycles. The number of halogens is 1. The van der Waals surface area contributed by atoms with Gasteiger partial charge < -0.3 is 10.6 Å². The third-order valence-corrected chi connectivity index (χ3v) is 5.30. The minimum Gasteiger partial charge on any atom is -0.335 e. The molecule has 2 unspecified atom stereocenters. The molecule has 0 bridgehead atoms. The second kappa shape index (κ2) is 8.85. The van der Waals surface area contributed by atoms with Crippen LogP contribution < -0.4 is 16.0 Å². The fraction of sp³-hybridized carbons (Fsp3) is 0.875. The first-order chi connectivity index (χ1) is 10.7. The number of imide groups is 1. The first kappa shape index (κ1) is 18.5. The van der Waals surface area contributed by atoms with Crippen LogP contribution >= 0.6 is 12.4 Å². The number of urea groups is 1. The van der Waals surface area contributed by atoms with E-state index in [4.69, 9.17) is 0 Å². The molecule has 0 radical (unpaired) electrons. The van der Waals surface area contributed by atoms with Crippen molar-refractivity contribution in [3.05, 3.63) is 0 Å². The lowest BCUT2D eigenvalue weighted by molar-refractivity contribution is -0.121. The minimum absolute atomic E-state index is 0. The van der Waals surface area contributed by atoms with Crippen molar-refractivity contribution in [2.45, 2.75) is 57.0 Å². The van der Waals surface area contributed by atoms with Crippen LogP contribution in [0.3, 0.4) is 0 Å². The van der Waals surface area contributed by atoms with Crippen LogP contribution in [-0.4, -0.2) is 55.1 Å². The summed E-state index contributed by atoms with van der Waals surface area (Å²) in [5, 5.41) is 8.93. The van der Waals surface area contributed by atoms with Gasteiger partial charge in [0.05, 0.1) is 6.54 Å². The first-order valence-corrected chi connectivity index (χ1v) is 8.77. The summed E-state index contributed by atoms with van der Waals surface area (Å²) in [5.74, 6) is 0.482. The van der Waals surface area contributed by atoms with E-state index >= 15 is 0 Å². The number of likely N-dealkylation sites (tertiary alicyclic amines) is 1. The molecule has 23 heavy (non-hydrogen) atoms. The number of carbonyl (C=O) groups is 2. The van der Waals surface area contributed by atoms with E-state index in [9.17, 15) is 9.59 Å². The Morgan fingerprint density at radius 2 is 1.87 bits per heavy atom. The van der Waals surface area contributed by atoms with Gasteiger partial charge in [-0.1, -0.05) is 19.3 Å². The molecule has 2 atom stereocenters. The Hall–Kier alpha value is -0.850. The predicted octanol–water partition coefficient (Wildman–Crippen LogP) is 1.25. The lowest BCUT2D eigenvalue weighted by Gasteiger charge is -2.34. The van der Waals surface area contributed by atoms with Crippen LogP contribution in [0, 0.1) is 5.92 Å². The maximum absolute atomic E-state index is 12.0. The largest absolute Gasteiger partial charge is 0.335 e. The van der Waals surface area contributed by atoms with Crippen LogP contribution in [0.1, 0.15) is 44.9 Å². The van der Waals surface area contributed by atoms with Gasteiger partial charge in [0.15, 0.2) is 0 Å². The second-order valence-corrected chi connectivity index (χ2v) is 6.99. The highest BCUT2D eigenvalue weighted by Crippen LogP contribution is 2.24. The molecule has 3 aliphatic rings. The standard InChI is InChI=1S/C16H28N4O2.ClH/c21-15(19-16(22)18-13-4-2-1-3-5-13)11-20-9-7-14-12(10-20)6-8-17-14;/h12-14,17H,1-11H2,(H2,18,19,21,22);1H. The highest BCUT2D eigenvalue weighted by atomic mass is 35.5. The molecule has 1 saturated carbocycles. The summed E-state index contributed by atoms with van der Waals surface area (Å²) in [6.45, 7) is 3.33. The third-order valence-electron chi connectivity index (χ3n) is 5.30. The molecular formula is C16H29ClN4O2. The van der Waals surface area contributed by atoms with E-state index in [2.05, 4.69) is 20.9 Å². The molecule has 1 aliphatic carbocycles. The van der Waals surface area contributed by atoms with Crippen LogP contribution in [-0.2, 0) is 4.79 Å². The Labute approximate surface area is 144 Å². The lowest BCUT2D eigenvalue weighted by Crippen LogP contribution is -2.51. The van der Waals surface area contributed by atoms with E-state index in [1.54, 1.807) is 0 Å². The SMILES string of the molecule is Cl.O=C(CN1CCC2NCCC2C1)NC(=O)NC1CCCCC1. The molecule has 2 heterocycles. The highest BCUT2D eigenvalue weighted by molar-refractivity contribution is 5.95. The fourth-order valence-corrected chi connectivity index (χ4v) is 4.10. The van der Waals surface area contributed by atoms with Crippen LogP contribution in [0.2, 0.25) is 0 Å². The van der Waals surface area contributed by atoms with Crippen molar-refractivity contribution in [3.8, 4) is 0 Å². The van der Waals surface area contributed by atoms with E-state index in [-0.39, 0.29) is 30.4 Å². The number of hydrogen-bond acceptors (Lipinski definition) is 4. The van der Waals surface area contributed by atoms with Crippen molar-refractivity contribution in [1.82, 2.24) is 20.9 Å². The molecule has 2 saturated heterocycles. The topological polar surface area (TPSA) is 73.5 Å². The monoisotopic (exact) mass is 344 g/mol. The maximum Gasteiger partial charge on any atom is 0.321 e. The number of hydrogen-bond donors (Lipinski definition) is 3. The highest BCUT2D eigenvalue weighted by Gasteiger charge is 2.33. The predicted molar refractivity (Wildman–Crippen MR) is 91.8 cm³/mol. The zero-order chi connectivity index (χ0) is 15.4. The van der Waals surface area contributed by atoms with Gasteiger partial charge in [0, 0.05) is 25.2 Å². The number of piperidine rings is 1. The van der Waals surface area contributed by atoms with Crippen LogP contribution in [0.4, 0.5) is 4.79 Å². The number of amides is 3. The van der Waals surface area contributed by atoms with E-state index < -0.39 is 0 Å². The Morgan fingerprint density at radius 1 is 1.09 bits per heavy atom. The number of fused-ring (bicyclic) bond motifs is 1. The Morgan fingerprint density at radius 3 is 2.65 bits per heavy atom. The third kappa shape index (κ3) is 5.33. The van der Waals surface area contributed by atoms with Crippen molar-refractivity contribution in [2.24, 2.45) is 5.92 Å². The summed E-state index contributed by atoms with van der Waals surface area (Å²) in [5.41, 5.74) is 0. The average Bonchev–Trinajstić information content (AvgIpc) is 2.95. The smallest absolute Gasteiger partial charge is 0.321 e. The number of nitrogens with one attached hydrogen (secondary N) is 3. The summed E-state index contributed by atoms with van der Waals surface area (Å²) in [4.78, 5) is 26.1. The van der Waals surface area contributed by atoms with E-state index in [0.717, 1.165) is 38.9 Å². The lowest BCUT2D eigenvalue weighted by atomic mass is 9.93. The second-order valence-electron chi connectivity index (χ2n) is 6.99. The molecule has 2 aliphatic heterocycles. The fourth-order valence-electron chi connectivity index (χ4n) is 4.10. The van der Waals surface area contributed by atoms with Crippen molar-refractivity contribution >= 4 is 24.3 Å². The van der Waals surface area contributed by atoms with Gasteiger partial charge >= 0.3 is 6.03 Å². The van der Waals surface area contributed by atoms with Gasteiger partial charge in [0.1, 0.15) is 0 Å². The van der Waals surface area contributed by atoms with E-state index in [1.165, 1.54) is 25.7 Å². The van der Waals surface area contributed by atoms with E-state index in [0.29, 0.717) is 18.5 Å². The van der Waals surface area contributed by atoms with Crippen molar-refractivity contribution in [2.75, 3.05) is 26.2 Å². The molecule has 7 heteroatoms. The minimum atomic E-state index is -0.325. The molecule has 3 N–H and O–H groups in total. The van der Waals surface area contributed by atoms with Gasteiger partial charge in [-0.15, -0.1) is 12.4 Å². The summed E-state index contributed by atoms with van der Waals surface area (Å²) in [6.07, 6.45) is 7.96. The normalized spacial score (nSPS) is 28.5. The molecule has 3 rings (SSSR count). The number of nitrogens with zero attached hydrogens (tertiary/aromatic N) is 1. The van der Waals surface area contributed by atoms with Gasteiger partial charge in [-0.25, -0.2) is 4.79 Å². The van der Waals surface area contributed by atoms with E-state index in [1.807, 2.05) is 0 Å². The van der Waals surface area contributed by atoms with Crippen molar-refractivity contribution in [1.29, 1.82) is 0 Å². The quantitative estimate of drug-likeness (QED) is 0.720. The Bertz CT molecular complexity index is 415. The molecule has 0 aromatic carbocycles. The van der Waals surface area contributed by atoms with Crippen LogP contribution in [0.5, 0.6) is 0 Å². The zero-order valence-electron chi connectivity index (χ0n) is 13.7. The number of carbonyl (C=O) groups excluding carboxylic acids is 2. The molecular weight excluding hydrogens is 316 g/mol. The summed E-state index contributed by atoms with van der Waals surface area (Å²) in [6, 6.07) is 0.546. The molecule has 0 aromatic rings. The summed E-state index contributed by atoms with van der Waals surface area (Å²) >= 11 is 0. The number of rotatable bonds is 3. The molecule has 132 valence electrons. The first-order valence-electron chi connectivity index (χ1n) is 8.77. The zero-order valence-corrected chi connectivity index (χ0v) is 14.5. The maximum atomic E-state index is 12.0. The Balaban J connectivity index is 0.00000192. The molecule has 3 fully saturated rings. The molecule has 3 amide bonds. The van der Waals surface area contributed by atoms with Gasteiger partial charge in [-0.05, 0) is 38.1 Å². The van der Waals surface area contributed by atoms with Gasteiger partial charge in [0.2, 0.25) is 5.91 Å². The van der Waals surface area contributed by atoms with Crippen LogP contribution in [0.25, 0.3) is 0 Å². The van der Waals surface area contributed by atoms with Crippen molar-refractivity contribution in [3.63, 3.8) is 0 Å². The Kier molecular flexibility index (Phi) is 7.11. The van der Waals surface area contributed by atoms with Gasteiger partial charge in [-0.2, -0.15) is 0 Å². The van der Waals surface area contributed by atoms with Gasteiger partial charge in [-0.3, -0.25) is 15.0 Å². The van der Waals surface area contributed by atoms with Gasteiger partial charge in [0.25, 0.3) is 0 Å². The summed E-state index contributed by atoms with van der Waals surface area (Å²) in [7, 11) is 0.